The number of fused-ring (bicyclic) bond motifs is 3. The molecule has 0 saturated heterocycles. The molecule has 1 unspecified atom stereocenters. The van der Waals surface area contributed by atoms with Crippen LogP contribution in [-0.4, -0.2) is 23.9 Å². The first kappa shape index (κ1) is 25.6. The van der Waals surface area contributed by atoms with Crippen LogP contribution < -0.4 is 24.4 Å². The van der Waals surface area contributed by atoms with Gasteiger partial charge in [-0.05, 0) is 111 Å². The molecule has 6 rings (SSSR count). The number of ether oxygens (including phenoxy) is 2. The molecule has 0 radical (unpaired) electrons. The summed E-state index contributed by atoms with van der Waals surface area (Å²) in [4.78, 5) is 19.7. The van der Waals surface area contributed by atoms with Crippen molar-refractivity contribution in [3.63, 3.8) is 0 Å². The first-order chi connectivity index (χ1) is 18.4. The van der Waals surface area contributed by atoms with Crippen LogP contribution in [0.15, 0.2) is 70.0 Å². The molecule has 1 aliphatic heterocycles. The Labute approximate surface area is 250 Å². The zero-order chi connectivity index (χ0) is 26.6. The maximum Gasteiger partial charge on any atom is 0.271 e. The topological polar surface area (TPSA) is 73.0 Å². The van der Waals surface area contributed by atoms with E-state index in [1.165, 1.54) is 16.9 Å². The first-order valence-electron chi connectivity index (χ1n) is 11.9. The van der Waals surface area contributed by atoms with Gasteiger partial charge in [-0.25, -0.2) is 4.99 Å². The predicted octanol–water partition coefficient (Wildman–Crippen LogP) is 5.25. The van der Waals surface area contributed by atoms with Gasteiger partial charge in [-0.2, -0.15) is 0 Å². The highest BCUT2D eigenvalue weighted by molar-refractivity contribution is 14.1. The normalized spacial score (nSPS) is 16.4. The van der Waals surface area contributed by atoms with Crippen molar-refractivity contribution < 1.29 is 14.6 Å². The Morgan fingerprint density at radius 3 is 2.50 bits per heavy atom. The molecule has 0 saturated carbocycles. The summed E-state index contributed by atoms with van der Waals surface area (Å²) in [5, 5.41) is 10.2. The summed E-state index contributed by atoms with van der Waals surface area (Å²) in [5.41, 5.74) is 6.20. The molecule has 4 aromatic rings. The molecule has 6 nitrogen and oxygen atoms in total. The number of benzene rings is 3. The van der Waals surface area contributed by atoms with Crippen LogP contribution in [-0.2, 0) is 6.42 Å². The molecule has 0 amide bonds. The lowest BCUT2D eigenvalue weighted by atomic mass is 9.83. The fraction of sp³-hybridized carbons (Fsp3) is 0.172. The van der Waals surface area contributed by atoms with Gasteiger partial charge in [0.1, 0.15) is 5.75 Å². The number of nitrogens with zero attached hydrogens (tertiary/aromatic N) is 2. The fourth-order valence-corrected chi connectivity index (χ4v) is 7.98. The molecule has 0 bridgehead atoms. The molecule has 0 fully saturated rings. The number of phenolic OH excluding ortho intramolecular Hbond substituents is 1. The summed E-state index contributed by atoms with van der Waals surface area (Å²) in [6.45, 7) is 0. The number of phenols is 1. The zero-order valence-electron chi connectivity index (χ0n) is 20.5. The molecule has 1 atom stereocenters. The van der Waals surface area contributed by atoms with Crippen LogP contribution in [0.3, 0.4) is 0 Å². The van der Waals surface area contributed by atoms with Gasteiger partial charge in [0.05, 0.1) is 37.6 Å². The van der Waals surface area contributed by atoms with Gasteiger partial charge in [-0.3, -0.25) is 9.36 Å². The number of allylic oxidation sites excluding steroid dienone is 1. The van der Waals surface area contributed by atoms with Crippen molar-refractivity contribution in [2.75, 3.05) is 14.2 Å². The molecule has 2 heterocycles. The van der Waals surface area contributed by atoms with E-state index in [2.05, 4.69) is 63.4 Å². The Hall–Kier alpha value is -2.64. The quantitative estimate of drug-likeness (QED) is 0.290. The Morgan fingerprint density at radius 1 is 1.03 bits per heavy atom. The lowest BCUT2D eigenvalue weighted by molar-refractivity contribution is 0.354. The third-order valence-electron chi connectivity index (χ3n) is 6.93. The monoisotopic (exact) mass is 748 g/mol. The number of halogens is 2. The number of thiazole rings is 1. The summed E-state index contributed by atoms with van der Waals surface area (Å²) in [5.74, 6) is 1.52. The standard InChI is InChI=1S/C29H22I2N2O4S/c1-36-22-10-8-17(14-23(22)37-2)26-19-9-7-16-5-3-4-6-18(16)25(19)32-29-33(26)28(35)24(38-29)13-15-11-20(30)27(34)21(31)12-15/h3-6,8,10-14,26,34H,7,9H2,1-2H3. The molecular weight excluding hydrogens is 726 g/mol. The fourth-order valence-electron chi connectivity index (χ4n) is 5.17. The minimum absolute atomic E-state index is 0.0861. The van der Waals surface area contributed by atoms with E-state index >= 15 is 0 Å². The van der Waals surface area contributed by atoms with Crippen molar-refractivity contribution in [1.82, 2.24) is 4.57 Å². The van der Waals surface area contributed by atoms with Crippen LogP contribution >= 0.6 is 56.5 Å². The number of aromatic hydroxyl groups is 1. The van der Waals surface area contributed by atoms with Crippen LogP contribution in [0.2, 0.25) is 0 Å². The summed E-state index contributed by atoms with van der Waals surface area (Å²) < 4.78 is 15.0. The highest BCUT2D eigenvalue weighted by Gasteiger charge is 2.33. The van der Waals surface area contributed by atoms with Crippen LogP contribution in [0.25, 0.3) is 11.8 Å². The molecule has 1 aromatic heterocycles. The Bertz CT molecular complexity index is 1800. The van der Waals surface area contributed by atoms with E-state index in [1.807, 2.05) is 47.0 Å². The molecular formula is C29H22I2N2O4S. The van der Waals surface area contributed by atoms with Gasteiger partial charge in [0.2, 0.25) is 0 Å². The van der Waals surface area contributed by atoms with E-state index in [0.717, 1.165) is 47.9 Å². The van der Waals surface area contributed by atoms with Gasteiger partial charge in [0.25, 0.3) is 5.56 Å². The first-order valence-corrected chi connectivity index (χ1v) is 14.9. The molecule has 0 spiro atoms. The number of aromatic nitrogens is 1. The molecule has 3 aromatic carbocycles. The maximum absolute atomic E-state index is 14.0. The summed E-state index contributed by atoms with van der Waals surface area (Å²) >= 11 is 5.60. The molecule has 9 heteroatoms. The van der Waals surface area contributed by atoms with E-state index in [4.69, 9.17) is 14.5 Å². The number of hydrogen-bond acceptors (Lipinski definition) is 6. The predicted molar refractivity (Wildman–Crippen MR) is 166 cm³/mol. The molecule has 1 N–H and O–H groups in total. The average Bonchev–Trinajstić information content (AvgIpc) is 3.24. The van der Waals surface area contributed by atoms with Gasteiger partial charge in [0, 0.05) is 5.56 Å². The van der Waals surface area contributed by atoms with Crippen molar-refractivity contribution >= 4 is 68.3 Å². The lowest BCUT2D eigenvalue weighted by Crippen LogP contribution is -2.38. The number of aryl methyl sites for hydroxylation is 1. The van der Waals surface area contributed by atoms with E-state index in [-0.39, 0.29) is 17.4 Å². The minimum atomic E-state index is -0.309. The number of rotatable bonds is 4. The maximum atomic E-state index is 14.0. The zero-order valence-corrected chi connectivity index (χ0v) is 25.6. The summed E-state index contributed by atoms with van der Waals surface area (Å²) in [6.07, 6.45) is 3.59. The van der Waals surface area contributed by atoms with E-state index < -0.39 is 0 Å². The van der Waals surface area contributed by atoms with Crippen molar-refractivity contribution in [2.45, 2.75) is 18.9 Å². The third-order valence-corrected chi connectivity index (χ3v) is 9.56. The number of methoxy groups -OCH3 is 2. The van der Waals surface area contributed by atoms with Crippen molar-refractivity contribution in [3.05, 3.63) is 109 Å². The van der Waals surface area contributed by atoms with Gasteiger partial charge >= 0.3 is 0 Å². The minimum Gasteiger partial charge on any atom is -0.506 e. The second kappa shape index (κ2) is 10.2. The smallest absolute Gasteiger partial charge is 0.271 e. The third kappa shape index (κ3) is 4.28. The average molecular weight is 748 g/mol. The summed E-state index contributed by atoms with van der Waals surface area (Å²) in [6, 6.07) is 17.7. The van der Waals surface area contributed by atoms with Crippen LogP contribution in [0.4, 0.5) is 0 Å². The SMILES string of the molecule is COc1ccc(C2C3=C(N=c4sc(=Cc5cc(I)c(O)c(I)c5)c(=O)n42)c2ccccc2CC3)cc1OC. The highest BCUT2D eigenvalue weighted by atomic mass is 127. The Kier molecular flexibility index (Phi) is 6.85. The number of hydrogen-bond donors (Lipinski definition) is 1. The van der Waals surface area contributed by atoms with Gasteiger partial charge in [-0.15, -0.1) is 0 Å². The second-order valence-electron chi connectivity index (χ2n) is 9.06. The van der Waals surface area contributed by atoms with E-state index in [9.17, 15) is 9.90 Å². The molecule has 192 valence electrons. The van der Waals surface area contributed by atoms with E-state index in [1.54, 1.807) is 14.2 Å². The van der Waals surface area contributed by atoms with Crippen LogP contribution in [0.5, 0.6) is 17.2 Å². The molecule has 1 aliphatic carbocycles. The Balaban J connectivity index is 1.62. The Morgan fingerprint density at radius 2 is 1.76 bits per heavy atom. The van der Waals surface area contributed by atoms with Gasteiger partial charge in [0.15, 0.2) is 16.3 Å². The van der Waals surface area contributed by atoms with Crippen LogP contribution in [0, 0.1) is 7.14 Å². The van der Waals surface area contributed by atoms with Crippen molar-refractivity contribution in [1.29, 1.82) is 0 Å². The lowest BCUT2D eigenvalue weighted by Gasteiger charge is -2.31. The molecule has 38 heavy (non-hydrogen) atoms. The second-order valence-corrected chi connectivity index (χ2v) is 12.4. The largest absolute Gasteiger partial charge is 0.506 e. The van der Waals surface area contributed by atoms with Crippen molar-refractivity contribution in [2.24, 2.45) is 4.99 Å². The molecule has 2 aliphatic rings. The van der Waals surface area contributed by atoms with Gasteiger partial charge < -0.3 is 14.6 Å². The van der Waals surface area contributed by atoms with Crippen molar-refractivity contribution in [3.8, 4) is 17.2 Å². The van der Waals surface area contributed by atoms with E-state index in [0.29, 0.717) is 20.8 Å². The van der Waals surface area contributed by atoms with Crippen LogP contribution in [0.1, 0.15) is 34.7 Å². The summed E-state index contributed by atoms with van der Waals surface area (Å²) in [7, 11) is 3.24. The highest BCUT2D eigenvalue weighted by Crippen LogP contribution is 2.42. The van der Waals surface area contributed by atoms with Gasteiger partial charge in [-0.1, -0.05) is 41.7 Å².